The lowest BCUT2D eigenvalue weighted by molar-refractivity contribution is -0.135. The topological polar surface area (TPSA) is 94.8 Å². The minimum Gasteiger partial charge on any atom is -0.507 e. The van der Waals surface area contributed by atoms with Gasteiger partial charge in [-0.1, -0.05) is 34.1 Å². The normalized spacial score (nSPS) is 36.2. The van der Waals surface area contributed by atoms with E-state index < -0.39 is 29.0 Å². The number of aliphatic hydroxyl groups excluding tert-OH is 3. The summed E-state index contributed by atoms with van der Waals surface area (Å²) in [6.07, 6.45) is 2.22. The van der Waals surface area contributed by atoms with Crippen LogP contribution < -0.4 is 0 Å². The fourth-order valence-corrected chi connectivity index (χ4v) is 5.51. The minimum absolute atomic E-state index is 0.0478. The molecule has 0 radical (unpaired) electrons. The summed E-state index contributed by atoms with van der Waals surface area (Å²) in [4.78, 5) is 25.7. The van der Waals surface area contributed by atoms with E-state index in [2.05, 4.69) is 13.8 Å². The van der Waals surface area contributed by atoms with Crippen LogP contribution in [0.5, 0.6) is 0 Å². The molecule has 0 aromatic carbocycles. The Morgan fingerprint density at radius 1 is 1.16 bits per heavy atom. The quantitative estimate of drug-likeness (QED) is 0.526. The van der Waals surface area contributed by atoms with E-state index in [1.807, 2.05) is 6.92 Å². The average molecular weight is 348 g/mol. The molecule has 3 aliphatic carbocycles. The molecule has 3 rings (SSSR count). The van der Waals surface area contributed by atoms with Crippen molar-refractivity contribution in [3.8, 4) is 0 Å². The predicted octanol–water partition coefficient (Wildman–Crippen LogP) is 2.47. The van der Waals surface area contributed by atoms with Crippen LogP contribution in [0.1, 0.15) is 53.4 Å². The molecule has 0 saturated heterocycles. The fraction of sp³-hybridized carbons (Fsp3) is 0.700. The molecule has 1 unspecified atom stereocenters. The first-order valence-corrected chi connectivity index (χ1v) is 9.12. The Morgan fingerprint density at radius 3 is 2.40 bits per heavy atom. The van der Waals surface area contributed by atoms with Gasteiger partial charge in [-0.3, -0.25) is 9.59 Å². The van der Waals surface area contributed by atoms with Gasteiger partial charge >= 0.3 is 0 Å². The maximum absolute atomic E-state index is 13.0. The highest BCUT2D eigenvalue weighted by molar-refractivity contribution is 6.50. The molecule has 0 aromatic rings. The lowest BCUT2D eigenvalue weighted by Crippen LogP contribution is -2.52. The highest BCUT2D eigenvalue weighted by Crippen LogP contribution is 2.61. The minimum atomic E-state index is -0.969. The Balaban J connectivity index is 2.25. The Bertz CT molecular complexity index is 699. The van der Waals surface area contributed by atoms with Crippen LogP contribution in [-0.4, -0.2) is 39.6 Å². The molecule has 0 spiro atoms. The van der Waals surface area contributed by atoms with E-state index in [1.54, 1.807) is 6.92 Å². The molecule has 25 heavy (non-hydrogen) atoms. The van der Waals surface area contributed by atoms with Crippen molar-refractivity contribution >= 4 is 11.6 Å². The monoisotopic (exact) mass is 348 g/mol. The molecule has 5 heteroatoms. The van der Waals surface area contributed by atoms with Crippen molar-refractivity contribution in [1.29, 1.82) is 0 Å². The van der Waals surface area contributed by atoms with Crippen LogP contribution >= 0.6 is 0 Å². The second-order valence-electron chi connectivity index (χ2n) is 8.86. The molecule has 0 bridgehead atoms. The van der Waals surface area contributed by atoms with Gasteiger partial charge in [-0.2, -0.15) is 0 Å². The molecule has 0 aliphatic heterocycles. The largest absolute Gasteiger partial charge is 0.507 e. The lowest BCUT2D eigenvalue weighted by Gasteiger charge is -2.56. The molecule has 4 atom stereocenters. The van der Waals surface area contributed by atoms with Crippen molar-refractivity contribution < 1.29 is 24.9 Å². The highest BCUT2D eigenvalue weighted by Gasteiger charge is 2.57. The van der Waals surface area contributed by atoms with Crippen LogP contribution in [0.4, 0.5) is 0 Å². The first-order valence-electron chi connectivity index (χ1n) is 9.12. The van der Waals surface area contributed by atoms with E-state index in [9.17, 15) is 24.9 Å². The summed E-state index contributed by atoms with van der Waals surface area (Å²) < 4.78 is 0. The Morgan fingerprint density at radius 2 is 1.80 bits per heavy atom. The Kier molecular flexibility index (Phi) is 4.24. The Labute approximate surface area is 148 Å². The van der Waals surface area contributed by atoms with Crippen LogP contribution in [0.3, 0.4) is 0 Å². The van der Waals surface area contributed by atoms with E-state index in [1.165, 1.54) is 0 Å². The number of Topliss-reactive ketones (excluding diaryl/α,β-unsaturated/α-hetero) is 2. The van der Waals surface area contributed by atoms with Crippen LogP contribution in [-0.2, 0) is 9.59 Å². The molecule has 1 saturated carbocycles. The van der Waals surface area contributed by atoms with Gasteiger partial charge in [0, 0.05) is 29.1 Å². The fourth-order valence-electron chi connectivity index (χ4n) is 5.51. The van der Waals surface area contributed by atoms with Gasteiger partial charge in [0.15, 0.2) is 0 Å². The molecular formula is C20H28O5. The van der Waals surface area contributed by atoms with Crippen molar-refractivity contribution in [2.75, 3.05) is 6.61 Å². The van der Waals surface area contributed by atoms with E-state index in [0.717, 1.165) is 19.3 Å². The number of carbonyl (C=O) groups excluding carboxylic acids is 2. The van der Waals surface area contributed by atoms with E-state index in [4.69, 9.17) is 0 Å². The summed E-state index contributed by atoms with van der Waals surface area (Å²) in [6, 6.07) is 0. The number of ketones is 2. The van der Waals surface area contributed by atoms with Gasteiger partial charge in [-0.25, -0.2) is 0 Å². The summed E-state index contributed by atoms with van der Waals surface area (Å²) >= 11 is 0. The van der Waals surface area contributed by atoms with Gasteiger partial charge in [0.2, 0.25) is 11.6 Å². The molecule has 3 aliphatic rings. The van der Waals surface area contributed by atoms with Gasteiger partial charge in [0.05, 0.1) is 11.7 Å². The van der Waals surface area contributed by atoms with Crippen LogP contribution in [0, 0.1) is 22.7 Å². The van der Waals surface area contributed by atoms with E-state index in [0.29, 0.717) is 12.0 Å². The third-order valence-electron chi connectivity index (χ3n) is 6.82. The van der Waals surface area contributed by atoms with Crippen molar-refractivity contribution in [2.24, 2.45) is 22.7 Å². The van der Waals surface area contributed by atoms with Crippen molar-refractivity contribution in [3.63, 3.8) is 0 Å². The zero-order valence-corrected chi connectivity index (χ0v) is 15.4. The smallest absolute Gasteiger partial charge is 0.233 e. The summed E-state index contributed by atoms with van der Waals surface area (Å²) in [5, 5.41) is 30.9. The zero-order chi connectivity index (χ0) is 18.7. The number of hydrogen-bond acceptors (Lipinski definition) is 5. The van der Waals surface area contributed by atoms with Gasteiger partial charge in [0.1, 0.15) is 5.76 Å². The van der Waals surface area contributed by atoms with Crippen LogP contribution in [0.2, 0.25) is 0 Å². The third-order valence-corrected chi connectivity index (χ3v) is 6.82. The standard InChI is InChI=1S/C20H28O5/c1-10(9-21)13-16(23)14-11(22)8-12-19(2,3)6-5-7-20(12,4)15(14)18(25)17(13)24/h10-12,21-23H,5-9H2,1-4H3/t10?,11-,12+,20+/m1/s1. The summed E-state index contributed by atoms with van der Waals surface area (Å²) in [5.74, 6) is -2.23. The molecule has 138 valence electrons. The van der Waals surface area contributed by atoms with E-state index >= 15 is 0 Å². The van der Waals surface area contributed by atoms with Gasteiger partial charge in [-0.15, -0.1) is 0 Å². The second kappa shape index (κ2) is 5.78. The third kappa shape index (κ3) is 2.43. The number of hydrogen-bond donors (Lipinski definition) is 3. The molecule has 1 fully saturated rings. The predicted molar refractivity (Wildman–Crippen MR) is 92.8 cm³/mol. The number of rotatable bonds is 2. The molecule has 0 heterocycles. The molecule has 0 amide bonds. The number of allylic oxidation sites excluding steroid dienone is 1. The maximum atomic E-state index is 13.0. The Hall–Kier alpha value is -1.46. The van der Waals surface area contributed by atoms with Gasteiger partial charge in [0.25, 0.3) is 0 Å². The zero-order valence-electron chi connectivity index (χ0n) is 15.4. The second-order valence-corrected chi connectivity index (χ2v) is 8.86. The maximum Gasteiger partial charge on any atom is 0.233 e. The van der Waals surface area contributed by atoms with Crippen LogP contribution in [0.25, 0.3) is 0 Å². The first-order chi connectivity index (χ1) is 11.6. The molecule has 5 nitrogen and oxygen atoms in total. The lowest BCUT2D eigenvalue weighted by atomic mass is 9.48. The van der Waals surface area contributed by atoms with Gasteiger partial charge < -0.3 is 15.3 Å². The summed E-state index contributed by atoms with van der Waals surface area (Å²) in [7, 11) is 0. The average Bonchev–Trinajstić information content (AvgIpc) is 2.53. The highest BCUT2D eigenvalue weighted by atomic mass is 16.3. The van der Waals surface area contributed by atoms with Crippen molar-refractivity contribution in [1.82, 2.24) is 0 Å². The van der Waals surface area contributed by atoms with E-state index in [-0.39, 0.29) is 34.8 Å². The first kappa shape index (κ1) is 18.3. The number of fused-ring (bicyclic) bond motifs is 2. The number of aliphatic hydroxyl groups is 3. The molecule has 0 aromatic heterocycles. The molecule has 3 N–H and O–H groups in total. The molecular weight excluding hydrogens is 320 g/mol. The van der Waals surface area contributed by atoms with Crippen molar-refractivity contribution in [2.45, 2.75) is 59.5 Å². The van der Waals surface area contributed by atoms with Crippen molar-refractivity contribution in [3.05, 3.63) is 22.5 Å². The number of carbonyl (C=O) groups is 2. The summed E-state index contributed by atoms with van der Waals surface area (Å²) in [5.41, 5.74) is -0.113. The SMILES string of the molecule is CC(CO)C1=C(O)C2=C(C(=O)C1=O)[C@@]1(C)CCCC(C)(C)[C@@H]1C[C@H]2O. The van der Waals surface area contributed by atoms with Crippen LogP contribution in [0.15, 0.2) is 22.5 Å². The van der Waals surface area contributed by atoms with Gasteiger partial charge in [-0.05, 0) is 30.6 Å². The summed E-state index contributed by atoms with van der Waals surface area (Å²) in [6.45, 7) is 7.55.